The monoisotopic (exact) mass is 401 g/mol. The maximum absolute atomic E-state index is 11.8. The van der Waals surface area contributed by atoms with Crippen LogP contribution in [0.5, 0.6) is 11.6 Å². The molecule has 0 aliphatic rings. The summed E-state index contributed by atoms with van der Waals surface area (Å²) in [7, 11) is 0. The molecule has 2 heterocycles. The lowest BCUT2D eigenvalue weighted by Gasteiger charge is -2.15. The Morgan fingerprint density at radius 1 is 1.21 bits per heavy atom. The van der Waals surface area contributed by atoms with Gasteiger partial charge in [-0.05, 0) is 43.5 Å². The number of rotatable bonds is 6. The summed E-state index contributed by atoms with van der Waals surface area (Å²) in [6, 6.07) is 5.35. The number of benzene rings is 1. The molecule has 0 amide bonds. The van der Waals surface area contributed by atoms with Gasteiger partial charge in [-0.15, -0.1) is 0 Å². The summed E-state index contributed by atoms with van der Waals surface area (Å²) < 4.78 is 7.42. The van der Waals surface area contributed by atoms with Gasteiger partial charge in [0.1, 0.15) is 11.4 Å². The summed E-state index contributed by atoms with van der Waals surface area (Å²) in [5, 5.41) is 3.21. The Labute approximate surface area is 166 Å². The van der Waals surface area contributed by atoms with Gasteiger partial charge in [0, 0.05) is 25.4 Å². The molecule has 0 aliphatic carbocycles. The fraction of sp³-hybridized carbons (Fsp3) is 0.263. The Balaban J connectivity index is 1.79. The molecule has 0 bridgehead atoms. The van der Waals surface area contributed by atoms with Gasteiger partial charge in [0.2, 0.25) is 11.2 Å². The molecule has 2 N–H and O–H groups in total. The first kappa shape index (κ1) is 19.6. The SMILES string of the molecule is Cc1cc(C)c(Oc2nc(Cl)ncc2NCCn2ccc(=O)[nH]c2=O)c(C)c1. The Hall–Kier alpha value is -3.13. The van der Waals surface area contributed by atoms with Crippen LogP contribution in [-0.4, -0.2) is 26.1 Å². The standard InChI is InChI=1S/C19H20ClN5O3/c1-11-8-12(2)16(13(3)9-11)28-17-14(10-22-18(20)24-17)21-5-7-25-6-4-15(26)23-19(25)27/h4,6,8-10,21H,5,7H2,1-3H3,(H,23,26,27). The summed E-state index contributed by atoms with van der Waals surface area (Å²) >= 11 is 5.94. The topological polar surface area (TPSA) is 102 Å². The molecular formula is C19H20ClN5O3. The molecule has 1 aromatic carbocycles. The third kappa shape index (κ3) is 4.58. The van der Waals surface area contributed by atoms with E-state index < -0.39 is 11.2 Å². The number of aromatic amines is 1. The maximum Gasteiger partial charge on any atom is 0.328 e. The molecule has 2 aromatic heterocycles. The van der Waals surface area contributed by atoms with Crippen molar-refractivity contribution in [1.82, 2.24) is 19.5 Å². The van der Waals surface area contributed by atoms with Crippen molar-refractivity contribution in [1.29, 1.82) is 0 Å². The van der Waals surface area contributed by atoms with Gasteiger partial charge in [-0.2, -0.15) is 4.98 Å². The molecule has 0 atom stereocenters. The third-order valence-electron chi connectivity index (χ3n) is 4.09. The minimum absolute atomic E-state index is 0.0693. The zero-order valence-corrected chi connectivity index (χ0v) is 16.5. The van der Waals surface area contributed by atoms with Crippen LogP contribution in [0.25, 0.3) is 0 Å². The van der Waals surface area contributed by atoms with Gasteiger partial charge in [0.25, 0.3) is 5.56 Å². The van der Waals surface area contributed by atoms with Crippen LogP contribution >= 0.6 is 11.6 Å². The van der Waals surface area contributed by atoms with Crippen LogP contribution < -0.4 is 21.3 Å². The highest BCUT2D eigenvalue weighted by molar-refractivity contribution is 6.28. The van der Waals surface area contributed by atoms with Gasteiger partial charge in [0.05, 0.1) is 6.20 Å². The van der Waals surface area contributed by atoms with Crippen LogP contribution in [0.1, 0.15) is 16.7 Å². The highest BCUT2D eigenvalue weighted by atomic mass is 35.5. The van der Waals surface area contributed by atoms with Gasteiger partial charge < -0.3 is 10.1 Å². The van der Waals surface area contributed by atoms with Crippen molar-refractivity contribution in [3.63, 3.8) is 0 Å². The summed E-state index contributed by atoms with van der Waals surface area (Å²) in [4.78, 5) is 33.3. The molecule has 0 radical (unpaired) electrons. The van der Waals surface area contributed by atoms with Crippen LogP contribution in [0, 0.1) is 20.8 Å². The molecule has 0 fully saturated rings. The highest BCUT2D eigenvalue weighted by Gasteiger charge is 2.13. The van der Waals surface area contributed by atoms with Crippen molar-refractivity contribution in [3.8, 4) is 11.6 Å². The predicted molar refractivity (Wildman–Crippen MR) is 108 cm³/mol. The molecule has 0 spiro atoms. The first-order valence-electron chi connectivity index (χ1n) is 8.65. The third-order valence-corrected chi connectivity index (χ3v) is 4.27. The second-order valence-corrected chi connectivity index (χ2v) is 6.76. The van der Waals surface area contributed by atoms with E-state index >= 15 is 0 Å². The average molecular weight is 402 g/mol. The summed E-state index contributed by atoms with van der Waals surface area (Å²) in [6.07, 6.45) is 2.97. The molecule has 0 saturated carbocycles. The number of hydrogen-bond donors (Lipinski definition) is 2. The van der Waals surface area contributed by atoms with Crippen LogP contribution in [0.15, 0.2) is 40.2 Å². The minimum atomic E-state index is -0.468. The Kier molecular flexibility index (Phi) is 5.79. The summed E-state index contributed by atoms with van der Waals surface area (Å²) in [5.74, 6) is 1.00. The van der Waals surface area contributed by atoms with Gasteiger partial charge in [-0.3, -0.25) is 14.3 Å². The molecule has 146 valence electrons. The molecule has 3 rings (SSSR count). The number of aromatic nitrogens is 4. The minimum Gasteiger partial charge on any atom is -0.436 e. The molecule has 0 unspecified atom stereocenters. The van der Waals surface area contributed by atoms with Crippen molar-refractivity contribution in [2.75, 3.05) is 11.9 Å². The summed E-state index contributed by atoms with van der Waals surface area (Å²) in [6.45, 7) is 6.68. The quantitative estimate of drug-likeness (QED) is 0.616. The van der Waals surface area contributed by atoms with Crippen LogP contribution in [0.4, 0.5) is 5.69 Å². The fourth-order valence-electron chi connectivity index (χ4n) is 2.90. The zero-order chi connectivity index (χ0) is 20.3. The van der Waals surface area contributed by atoms with Crippen molar-refractivity contribution < 1.29 is 4.74 Å². The molecule has 0 aliphatic heterocycles. The number of nitrogens with zero attached hydrogens (tertiary/aromatic N) is 3. The molecule has 9 heteroatoms. The van der Waals surface area contributed by atoms with E-state index in [2.05, 4.69) is 20.3 Å². The molecule has 28 heavy (non-hydrogen) atoms. The van der Waals surface area contributed by atoms with Crippen molar-refractivity contribution >= 4 is 17.3 Å². The first-order valence-corrected chi connectivity index (χ1v) is 9.03. The smallest absolute Gasteiger partial charge is 0.328 e. The number of H-pyrrole nitrogens is 1. The number of ether oxygens (including phenoxy) is 1. The van der Waals surface area contributed by atoms with Crippen molar-refractivity contribution in [2.24, 2.45) is 0 Å². The lowest BCUT2D eigenvalue weighted by molar-refractivity contribution is 0.456. The normalized spacial score (nSPS) is 10.7. The van der Waals surface area contributed by atoms with Gasteiger partial charge in [0.15, 0.2) is 0 Å². The Bertz CT molecular complexity index is 1100. The van der Waals surface area contributed by atoms with E-state index in [1.54, 1.807) is 0 Å². The number of hydrogen-bond acceptors (Lipinski definition) is 6. The van der Waals surface area contributed by atoms with E-state index in [0.29, 0.717) is 30.4 Å². The molecule has 3 aromatic rings. The van der Waals surface area contributed by atoms with Crippen molar-refractivity contribution in [3.05, 3.63) is 73.4 Å². The van der Waals surface area contributed by atoms with E-state index in [1.807, 2.05) is 32.9 Å². The predicted octanol–water partition coefficient (Wildman–Crippen LogP) is 2.81. The molecule has 0 saturated heterocycles. The molecule has 8 nitrogen and oxygen atoms in total. The Morgan fingerprint density at radius 3 is 2.61 bits per heavy atom. The van der Waals surface area contributed by atoms with E-state index in [4.69, 9.17) is 16.3 Å². The number of anilines is 1. The van der Waals surface area contributed by atoms with E-state index in [-0.39, 0.29) is 5.28 Å². The number of halogens is 1. The van der Waals surface area contributed by atoms with Crippen LogP contribution in [0.3, 0.4) is 0 Å². The van der Waals surface area contributed by atoms with Crippen LogP contribution in [-0.2, 0) is 6.54 Å². The largest absolute Gasteiger partial charge is 0.436 e. The van der Waals surface area contributed by atoms with E-state index in [1.165, 1.54) is 23.0 Å². The highest BCUT2D eigenvalue weighted by Crippen LogP contribution is 2.32. The van der Waals surface area contributed by atoms with E-state index in [0.717, 1.165) is 16.7 Å². The average Bonchev–Trinajstić information content (AvgIpc) is 2.61. The van der Waals surface area contributed by atoms with Gasteiger partial charge >= 0.3 is 5.69 Å². The van der Waals surface area contributed by atoms with Crippen molar-refractivity contribution in [2.45, 2.75) is 27.3 Å². The Morgan fingerprint density at radius 2 is 1.93 bits per heavy atom. The van der Waals surface area contributed by atoms with E-state index in [9.17, 15) is 9.59 Å². The zero-order valence-electron chi connectivity index (χ0n) is 15.7. The van der Waals surface area contributed by atoms with Gasteiger partial charge in [-0.1, -0.05) is 17.7 Å². The second-order valence-electron chi connectivity index (χ2n) is 6.42. The van der Waals surface area contributed by atoms with Crippen LogP contribution in [0.2, 0.25) is 5.28 Å². The summed E-state index contributed by atoms with van der Waals surface area (Å²) in [5.41, 5.74) is 2.76. The number of nitrogens with one attached hydrogen (secondary N) is 2. The first-order chi connectivity index (χ1) is 13.3. The van der Waals surface area contributed by atoms with Gasteiger partial charge in [-0.25, -0.2) is 9.78 Å². The number of aryl methyl sites for hydroxylation is 3. The maximum atomic E-state index is 11.8. The lowest BCUT2D eigenvalue weighted by Crippen LogP contribution is -2.30. The fourth-order valence-corrected chi connectivity index (χ4v) is 3.03. The molecular weight excluding hydrogens is 382 g/mol. The lowest BCUT2D eigenvalue weighted by atomic mass is 10.1. The second kappa shape index (κ2) is 8.26.